The van der Waals surface area contributed by atoms with Gasteiger partial charge in [0.15, 0.2) is 0 Å². The van der Waals surface area contributed by atoms with Crippen molar-refractivity contribution in [2.75, 3.05) is 13.1 Å². The first-order valence-electron chi connectivity index (χ1n) is 7.65. The van der Waals surface area contributed by atoms with E-state index < -0.39 is 11.9 Å². The maximum Gasteiger partial charge on any atom is 0.223 e. The molecule has 0 aliphatic heterocycles. The highest BCUT2D eigenvalue weighted by Crippen LogP contribution is 2.28. The molecule has 5 nitrogen and oxygen atoms in total. The van der Waals surface area contributed by atoms with Crippen LogP contribution in [0.2, 0.25) is 5.02 Å². The largest absolute Gasteiger partial charge is 0.387 e. The minimum atomic E-state index is -1.000. The van der Waals surface area contributed by atoms with Gasteiger partial charge in [0.1, 0.15) is 5.82 Å². The van der Waals surface area contributed by atoms with Crippen molar-refractivity contribution < 1.29 is 19.1 Å². The van der Waals surface area contributed by atoms with Crippen LogP contribution in [-0.2, 0) is 9.59 Å². The van der Waals surface area contributed by atoms with Crippen LogP contribution in [0, 0.1) is 11.7 Å². The minimum absolute atomic E-state index is 0.00562. The number of aliphatic hydroxyl groups excluding tert-OH is 1. The molecule has 126 valence electrons. The van der Waals surface area contributed by atoms with Gasteiger partial charge in [-0.05, 0) is 37.0 Å². The Balaban J connectivity index is 1.62. The van der Waals surface area contributed by atoms with Gasteiger partial charge >= 0.3 is 0 Å². The van der Waals surface area contributed by atoms with E-state index in [0.29, 0.717) is 18.5 Å². The number of rotatable bonds is 8. The van der Waals surface area contributed by atoms with Crippen LogP contribution in [0.1, 0.15) is 37.4 Å². The Morgan fingerprint density at radius 1 is 1.35 bits per heavy atom. The van der Waals surface area contributed by atoms with Gasteiger partial charge in [-0.1, -0.05) is 17.7 Å². The molecule has 1 aromatic rings. The first-order valence-corrected chi connectivity index (χ1v) is 8.02. The van der Waals surface area contributed by atoms with Crippen LogP contribution in [0.15, 0.2) is 18.2 Å². The SMILES string of the molecule is O=C(CCCNC(=O)C1CC1)NCC(O)c1ccc(Cl)c(F)c1. The third-order valence-corrected chi connectivity index (χ3v) is 3.96. The second-order valence-electron chi connectivity index (χ2n) is 5.66. The van der Waals surface area contributed by atoms with Gasteiger partial charge in [0, 0.05) is 25.4 Å². The number of nitrogens with one attached hydrogen (secondary N) is 2. The smallest absolute Gasteiger partial charge is 0.223 e. The second kappa shape index (κ2) is 8.26. The van der Waals surface area contributed by atoms with Crippen LogP contribution in [0.25, 0.3) is 0 Å². The fraction of sp³-hybridized carbons (Fsp3) is 0.500. The van der Waals surface area contributed by atoms with E-state index >= 15 is 0 Å². The van der Waals surface area contributed by atoms with Crippen molar-refractivity contribution in [3.05, 3.63) is 34.6 Å². The Morgan fingerprint density at radius 3 is 2.74 bits per heavy atom. The molecule has 1 aromatic carbocycles. The summed E-state index contributed by atoms with van der Waals surface area (Å²) in [6.45, 7) is 0.460. The average Bonchev–Trinajstić information content (AvgIpc) is 3.36. The van der Waals surface area contributed by atoms with Gasteiger partial charge in [-0.15, -0.1) is 0 Å². The van der Waals surface area contributed by atoms with Crippen molar-refractivity contribution >= 4 is 23.4 Å². The average molecular weight is 343 g/mol. The Morgan fingerprint density at radius 2 is 2.09 bits per heavy atom. The highest BCUT2D eigenvalue weighted by Gasteiger charge is 2.28. The highest BCUT2D eigenvalue weighted by atomic mass is 35.5. The fourth-order valence-corrected chi connectivity index (χ4v) is 2.20. The molecule has 3 N–H and O–H groups in total. The lowest BCUT2D eigenvalue weighted by molar-refractivity contribution is -0.123. The Hall–Kier alpha value is -1.66. The maximum atomic E-state index is 13.3. The molecule has 0 heterocycles. The Kier molecular flexibility index (Phi) is 6.36. The molecule has 1 aliphatic carbocycles. The summed E-state index contributed by atoms with van der Waals surface area (Å²) in [5.74, 6) is -0.607. The van der Waals surface area contributed by atoms with Crippen LogP contribution in [0.3, 0.4) is 0 Å². The van der Waals surface area contributed by atoms with Gasteiger partial charge in [0.25, 0.3) is 0 Å². The number of carbonyl (C=O) groups excluding carboxylic acids is 2. The molecule has 0 aromatic heterocycles. The summed E-state index contributed by atoms with van der Waals surface area (Å²) in [6.07, 6.45) is 1.70. The number of benzene rings is 1. The monoisotopic (exact) mass is 342 g/mol. The Labute approximate surface area is 139 Å². The number of amides is 2. The quantitative estimate of drug-likeness (QED) is 0.632. The summed E-state index contributed by atoms with van der Waals surface area (Å²) in [5, 5.41) is 15.3. The van der Waals surface area contributed by atoms with Crippen LogP contribution < -0.4 is 10.6 Å². The summed E-state index contributed by atoms with van der Waals surface area (Å²) >= 11 is 5.57. The Bertz CT molecular complexity index is 578. The molecule has 1 fully saturated rings. The van der Waals surface area contributed by atoms with E-state index in [1.807, 2.05) is 0 Å². The first-order chi connectivity index (χ1) is 11.0. The van der Waals surface area contributed by atoms with E-state index in [1.165, 1.54) is 12.1 Å². The van der Waals surface area contributed by atoms with Crippen molar-refractivity contribution in [3.63, 3.8) is 0 Å². The number of halogens is 2. The predicted octanol–water partition coefficient (Wildman–Crippen LogP) is 1.94. The van der Waals surface area contributed by atoms with Crippen LogP contribution in [0.4, 0.5) is 4.39 Å². The molecular weight excluding hydrogens is 323 g/mol. The molecule has 0 radical (unpaired) electrons. The van der Waals surface area contributed by atoms with E-state index in [1.54, 1.807) is 0 Å². The highest BCUT2D eigenvalue weighted by molar-refractivity contribution is 6.30. The van der Waals surface area contributed by atoms with Gasteiger partial charge in [0.05, 0.1) is 11.1 Å². The maximum absolute atomic E-state index is 13.3. The molecule has 2 rings (SSSR count). The van der Waals surface area contributed by atoms with Crippen molar-refractivity contribution in [1.82, 2.24) is 10.6 Å². The normalized spacial score (nSPS) is 15.1. The zero-order chi connectivity index (χ0) is 16.8. The zero-order valence-electron chi connectivity index (χ0n) is 12.6. The molecular formula is C16H20ClFN2O3. The van der Waals surface area contributed by atoms with Gasteiger partial charge < -0.3 is 15.7 Å². The van der Waals surface area contributed by atoms with Crippen molar-refractivity contribution in [1.29, 1.82) is 0 Å². The summed E-state index contributed by atoms with van der Waals surface area (Å²) in [4.78, 5) is 23.0. The van der Waals surface area contributed by atoms with Gasteiger partial charge in [-0.3, -0.25) is 9.59 Å². The lowest BCUT2D eigenvalue weighted by atomic mass is 10.1. The van der Waals surface area contributed by atoms with Gasteiger partial charge in [-0.2, -0.15) is 0 Å². The fourth-order valence-electron chi connectivity index (χ4n) is 2.09. The minimum Gasteiger partial charge on any atom is -0.387 e. The first kappa shape index (κ1) is 17.7. The number of aliphatic hydroxyl groups is 1. The molecule has 1 saturated carbocycles. The third kappa shape index (κ3) is 5.80. The molecule has 1 atom stereocenters. The molecule has 2 amide bonds. The summed E-state index contributed by atoms with van der Waals surface area (Å²) in [7, 11) is 0. The van der Waals surface area contributed by atoms with Crippen LogP contribution in [-0.4, -0.2) is 30.0 Å². The molecule has 7 heteroatoms. The molecule has 0 spiro atoms. The topological polar surface area (TPSA) is 78.4 Å². The lowest BCUT2D eigenvalue weighted by Gasteiger charge is -2.13. The molecule has 1 aliphatic rings. The van der Waals surface area contributed by atoms with E-state index in [4.69, 9.17) is 11.6 Å². The third-order valence-electron chi connectivity index (χ3n) is 3.65. The molecule has 23 heavy (non-hydrogen) atoms. The number of hydrogen-bond acceptors (Lipinski definition) is 3. The van der Waals surface area contributed by atoms with E-state index in [-0.39, 0.29) is 35.7 Å². The summed E-state index contributed by atoms with van der Waals surface area (Å²) < 4.78 is 13.3. The number of hydrogen-bond donors (Lipinski definition) is 3. The van der Waals surface area contributed by atoms with Gasteiger partial charge in [-0.25, -0.2) is 4.39 Å². The van der Waals surface area contributed by atoms with Crippen molar-refractivity contribution in [2.24, 2.45) is 5.92 Å². The van der Waals surface area contributed by atoms with Crippen molar-refractivity contribution in [3.8, 4) is 0 Å². The second-order valence-corrected chi connectivity index (χ2v) is 6.07. The lowest BCUT2D eigenvalue weighted by Crippen LogP contribution is -2.30. The summed E-state index contributed by atoms with van der Waals surface area (Å²) in [5.41, 5.74) is 0.351. The van der Waals surface area contributed by atoms with E-state index in [9.17, 15) is 19.1 Å². The number of carbonyl (C=O) groups is 2. The molecule has 1 unspecified atom stereocenters. The predicted molar refractivity (Wildman–Crippen MR) is 84.3 cm³/mol. The van der Waals surface area contributed by atoms with E-state index in [0.717, 1.165) is 18.9 Å². The van der Waals surface area contributed by atoms with Crippen LogP contribution in [0.5, 0.6) is 0 Å². The van der Waals surface area contributed by atoms with Crippen LogP contribution >= 0.6 is 11.6 Å². The van der Waals surface area contributed by atoms with Crippen molar-refractivity contribution in [2.45, 2.75) is 31.8 Å². The molecule has 0 saturated heterocycles. The van der Waals surface area contributed by atoms with E-state index in [2.05, 4.69) is 10.6 Å². The standard InChI is InChI=1S/C16H20ClFN2O3/c17-12-6-5-11(8-13(12)18)14(21)9-20-15(22)2-1-7-19-16(23)10-3-4-10/h5-6,8,10,14,21H,1-4,7,9H2,(H,19,23)(H,20,22). The molecule has 0 bridgehead atoms. The van der Waals surface area contributed by atoms with Gasteiger partial charge in [0.2, 0.25) is 11.8 Å². The zero-order valence-corrected chi connectivity index (χ0v) is 13.4. The summed E-state index contributed by atoms with van der Waals surface area (Å²) in [6, 6.07) is 4.02.